The van der Waals surface area contributed by atoms with Gasteiger partial charge in [-0.2, -0.15) is 0 Å². The summed E-state index contributed by atoms with van der Waals surface area (Å²) in [6.07, 6.45) is -1.47. The maximum Gasteiger partial charge on any atom is 0.411 e. The second kappa shape index (κ2) is 4.88. The van der Waals surface area contributed by atoms with E-state index in [2.05, 4.69) is 0 Å². The van der Waals surface area contributed by atoms with Gasteiger partial charge in [0.2, 0.25) is 17.2 Å². The molecule has 1 aromatic rings. The second-order valence-electron chi connectivity index (χ2n) is 4.17. The number of hydrogen-bond acceptors (Lipinski definition) is 4. The van der Waals surface area contributed by atoms with Crippen LogP contribution in [0.25, 0.3) is 0 Å². The molecule has 1 aliphatic rings. The SMILES string of the molecule is CC1(c2cccc(Cl)c2Cl)OC(NC(=O)O)=C(O)C1=O. The highest BCUT2D eigenvalue weighted by molar-refractivity contribution is 6.42. The number of benzene rings is 1. The van der Waals surface area contributed by atoms with Gasteiger partial charge in [-0.1, -0.05) is 35.3 Å². The van der Waals surface area contributed by atoms with Crippen molar-refractivity contribution in [2.45, 2.75) is 12.5 Å². The Morgan fingerprint density at radius 2 is 2.05 bits per heavy atom. The predicted molar refractivity (Wildman–Crippen MR) is 70.7 cm³/mol. The molecule has 0 spiro atoms. The maximum atomic E-state index is 12.1. The number of aliphatic hydroxyl groups is 1. The molecule has 20 heavy (non-hydrogen) atoms. The largest absolute Gasteiger partial charge is 0.501 e. The number of hydrogen-bond donors (Lipinski definition) is 3. The summed E-state index contributed by atoms with van der Waals surface area (Å²) in [7, 11) is 0. The van der Waals surface area contributed by atoms with Crippen molar-refractivity contribution < 1.29 is 24.5 Å². The number of carbonyl (C=O) groups is 2. The van der Waals surface area contributed by atoms with E-state index in [-0.39, 0.29) is 15.6 Å². The number of rotatable bonds is 2. The third kappa shape index (κ3) is 2.17. The van der Waals surface area contributed by atoms with E-state index >= 15 is 0 Å². The van der Waals surface area contributed by atoms with Gasteiger partial charge >= 0.3 is 6.09 Å². The Hall–Kier alpha value is -1.92. The molecule has 8 heteroatoms. The zero-order chi connectivity index (χ0) is 15.1. The van der Waals surface area contributed by atoms with Crippen LogP contribution in [0.2, 0.25) is 10.0 Å². The van der Waals surface area contributed by atoms with E-state index in [9.17, 15) is 14.7 Å². The number of aliphatic hydroxyl groups excluding tert-OH is 1. The van der Waals surface area contributed by atoms with Crippen LogP contribution in [0.4, 0.5) is 4.79 Å². The predicted octanol–water partition coefficient (Wildman–Crippen LogP) is 2.80. The van der Waals surface area contributed by atoms with Crippen molar-refractivity contribution in [1.29, 1.82) is 0 Å². The third-order valence-electron chi connectivity index (χ3n) is 2.86. The average Bonchev–Trinajstić information content (AvgIpc) is 2.58. The van der Waals surface area contributed by atoms with Crippen LogP contribution in [-0.2, 0) is 15.1 Å². The van der Waals surface area contributed by atoms with Crippen molar-refractivity contribution in [1.82, 2.24) is 5.32 Å². The molecule has 0 bridgehead atoms. The number of Topliss-reactive ketones (excluding diaryl/α,β-unsaturated/α-hetero) is 1. The minimum Gasteiger partial charge on any atom is -0.501 e. The molecule has 1 unspecified atom stereocenters. The molecule has 0 radical (unpaired) electrons. The minimum atomic E-state index is -1.65. The molecule has 1 aliphatic heterocycles. The first kappa shape index (κ1) is 14.5. The second-order valence-corrected chi connectivity index (χ2v) is 4.96. The van der Waals surface area contributed by atoms with Crippen LogP contribution in [0, 0.1) is 0 Å². The molecule has 1 atom stereocenters. The van der Waals surface area contributed by atoms with Gasteiger partial charge in [0.15, 0.2) is 0 Å². The van der Waals surface area contributed by atoms with Crippen LogP contribution in [0.1, 0.15) is 12.5 Å². The molecular weight excluding hydrogens is 309 g/mol. The Bertz CT molecular complexity index is 643. The number of carbonyl (C=O) groups excluding carboxylic acids is 1. The van der Waals surface area contributed by atoms with Crippen molar-refractivity contribution in [3.63, 3.8) is 0 Å². The average molecular weight is 318 g/mol. The van der Waals surface area contributed by atoms with Gasteiger partial charge in [-0.3, -0.25) is 10.1 Å². The summed E-state index contributed by atoms with van der Waals surface area (Å²) >= 11 is 11.9. The Labute approximate surface area is 123 Å². The van der Waals surface area contributed by atoms with E-state index in [1.165, 1.54) is 19.1 Å². The summed E-state index contributed by atoms with van der Waals surface area (Å²) in [6, 6.07) is 4.59. The Morgan fingerprint density at radius 1 is 1.40 bits per heavy atom. The molecular formula is C12H9Cl2NO5. The summed E-state index contributed by atoms with van der Waals surface area (Å²) in [5.74, 6) is -2.17. The number of halogens is 2. The fraction of sp³-hybridized carbons (Fsp3) is 0.167. The van der Waals surface area contributed by atoms with Crippen molar-refractivity contribution in [2.75, 3.05) is 0 Å². The fourth-order valence-corrected chi connectivity index (χ4v) is 2.34. The molecule has 1 heterocycles. The number of nitrogens with one attached hydrogen (secondary N) is 1. The lowest BCUT2D eigenvalue weighted by Crippen LogP contribution is -2.32. The molecule has 0 saturated carbocycles. The summed E-state index contributed by atoms with van der Waals surface area (Å²) in [4.78, 5) is 22.7. The topological polar surface area (TPSA) is 95.9 Å². The van der Waals surface area contributed by atoms with Gasteiger partial charge in [-0.05, 0) is 13.0 Å². The van der Waals surface area contributed by atoms with Crippen molar-refractivity contribution in [3.8, 4) is 0 Å². The summed E-state index contributed by atoms with van der Waals surface area (Å²) < 4.78 is 5.25. The smallest absolute Gasteiger partial charge is 0.411 e. The van der Waals surface area contributed by atoms with E-state index in [0.29, 0.717) is 0 Å². The standard InChI is InChI=1S/C12H9Cl2NO5/c1-12(5-3-2-4-6(13)7(5)14)9(17)8(16)10(20-12)15-11(18)19/h2-4,15-16H,1H3,(H,18,19). The first-order valence-electron chi connectivity index (χ1n) is 5.39. The molecule has 106 valence electrons. The zero-order valence-corrected chi connectivity index (χ0v) is 11.6. The Morgan fingerprint density at radius 3 is 2.65 bits per heavy atom. The molecule has 0 fully saturated rings. The maximum absolute atomic E-state index is 12.1. The molecule has 6 nitrogen and oxygen atoms in total. The van der Waals surface area contributed by atoms with E-state index < -0.39 is 29.1 Å². The van der Waals surface area contributed by atoms with Crippen LogP contribution in [0.15, 0.2) is 29.8 Å². The Balaban J connectivity index is 2.46. The molecule has 2 rings (SSSR count). The highest BCUT2D eigenvalue weighted by Gasteiger charge is 2.49. The van der Waals surface area contributed by atoms with Crippen LogP contribution in [0.3, 0.4) is 0 Å². The molecule has 0 aromatic heterocycles. The molecule has 0 aliphatic carbocycles. The van der Waals surface area contributed by atoms with E-state index in [4.69, 9.17) is 33.0 Å². The summed E-state index contributed by atoms with van der Waals surface area (Å²) in [5, 5.41) is 20.4. The van der Waals surface area contributed by atoms with Crippen LogP contribution in [0.5, 0.6) is 0 Å². The van der Waals surface area contributed by atoms with Crippen molar-refractivity contribution in [2.24, 2.45) is 0 Å². The van der Waals surface area contributed by atoms with Gasteiger partial charge in [-0.25, -0.2) is 4.79 Å². The van der Waals surface area contributed by atoms with Crippen LogP contribution < -0.4 is 5.32 Å². The minimum absolute atomic E-state index is 0.0920. The highest BCUT2D eigenvalue weighted by atomic mass is 35.5. The van der Waals surface area contributed by atoms with Gasteiger partial charge in [-0.15, -0.1) is 0 Å². The lowest BCUT2D eigenvalue weighted by molar-refractivity contribution is -0.131. The van der Waals surface area contributed by atoms with Gasteiger partial charge < -0.3 is 14.9 Å². The molecule has 1 aromatic carbocycles. The van der Waals surface area contributed by atoms with Gasteiger partial charge in [0.25, 0.3) is 5.78 Å². The van der Waals surface area contributed by atoms with E-state index in [0.717, 1.165) is 0 Å². The summed E-state index contributed by atoms with van der Waals surface area (Å²) in [6.45, 7) is 1.36. The quantitative estimate of drug-likeness (QED) is 0.779. The van der Waals surface area contributed by atoms with Crippen LogP contribution >= 0.6 is 23.2 Å². The van der Waals surface area contributed by atoms with Gasteiger partial charge in [0.1, 0.15) is 0 Å². The Kier molecular flexibility index (Phi) is 3.54. The third-order valence-corrected chi connectivity index (χ3v) is 3.67. The number of ether oxygens (including phenoxy) is 1. The first-order chi connectivity index (χ1) is 9.27. The molecule has 3 N–H and O–H groups in total. The number of ketones is 1. The lowest BCUT2D eigenvalue weighted by Gasteiger charge is -2.24. The lowest BCUT2D eigenvalue weighted by atomic mass is 9.91. The summed E-state index contributed by atoms with van der Waals surface area (Å²) in [5.41, 5.74) is -1.42. The monoisotopic (exact) mass is 317 g/mol. The van der Waals surface area contributed by atoms with Gasteiger partial charge in [0.05, 0.1) is 10.0 Å². The van der Waals surface area contributed by atoms with Crippen molar-refractivity contribution in [3.05, 3.63) is 45.5 Å². The number of amides is 1. The zero-order valence-electron chi connectivity index (χ0n) is 10.1. The molecule has 0 saturated heterocycles. The first-order valence-corrected chi connectivity index (χ1v) is 6.14. The van der Waals surface area contributed by atoms with E-state index in [1.54, 1.807) is 6.07 Å². The van der Waals surface area contributed by atoms with Gasteiger partial charge in [0, 0.05) is 5.56 Å². The molecule has 1 amide bonds. The van der Waals surface area contributed by atoms with Crippen molar-refractivity contribution >= 4 is 35.1 Å². The van der Waals surface area contributed by atoms with Crippen LogP contribution in [-0.4, -0.2) is 22.1 Å². The fourth-order valence-electron chi connectivity index (χ4n) is 1.86. The van der Waals surface area contributed by atoms with E-state index in [1.807, 2.05) is 5.32 Å². The number of carboxylic acid groups (broad SMARTS) is 1. The highest BCUT2D eigenvalue weighted by Crippen LogP contribution is 2.41. The normalized spacial score (nSPS) is 21.9.